The predicted octanol–water partition coefficient (Wildman–Crippen LogP) is 4.13. The SMILES string of the molecule is Cc1ccnc(C(O)=Cc2nc3ccsc3c(=O)n2-c2cccnc2Cl)c1C#N. The van der Waals surface area contributed by atoms with Crippen LogP contribution in [0.15, 0.2) is 46.8 Å². The summed E-state index contributed by atoms with van der Waals surface area (Å²) in [6.45, 7) is 1.75. The largest absolute Gasteiger partial charge is 0.505 e. The highest BCUT2D eigenvalue weighted by atomic mass is 35.5. The van der Waals surface area contributed by atoms with E-state index in [1.165, 1.54) is 34.4 Å². The molecule has 0 radical (unpaired) electrons. The molecule has 0 unspecified atom stereocenters. The molecule has 7 nitrogen and oxygen atoms in total. The summed E-state index contributed by atoms with van der Waals surface area (Å²) in [4.78, 5) is 25.8. The van der Waals surface area contributed by atoms with Gasteiger partial charge in [-0.15, -0.1) is 11.3 Å². The average Bonchev–Trinajstić information content (AvgIpc) is 3.18. The number of hydrogen-bond donors (Lipinski definition) is 1. The molecule has 0 amide bonds. The molecule has 29 heavy (non-hydrogen) atoms. The third kappa shape index (κ3) is 3.27. The van der Waals surface area contributed by atoms with E-state index >= 15 is 0 Å². The van der Waals surface area contributed by atoms with Gasteiger partial charge in [0.25, 0.3) is 5.56 Å². The first-order valence-corrected chi connectivity index (χ1v) is 9.65. The van der Waals surface area contributed by atoms with Crippen LogP contribution in [-0.2, 0) is 0 Å². The number of nitriles is 1. The molecular weight excluding hydrogens is 410 g/mol. The number of aliphatic hydroxyl groups excluding tert-OH is 1. The molecule has 1 N–H and O–H groups in total. The van der Waals surface area contributed by atoms with E-state index in [9.17, 15) is 15.2 Å². The van der Waals surface area contributed by atoms with Gasteiger partial charge in [0.15, 0.2) is 5.15 Å². The van der Waals surface area contributed by atoms with Crippen LogP contribution in [0.3, 0.4) is 0 Å². The molecule has 0 spiro atoms. The molecule has 4 aromatic rings. The standard InChI is InChI=1S/C20H12ClN5O2S/c1-11-4-7-23-17(12(11)10-22)15(27)9-16-25-13-5-8-29-18(13)20(28)26(16)14-3-2-6-24-19(14)21/h2-9,27H,1H3. The fraction of sp³-hybridized carbons (Fsp3) is 0.0500. The van der Waals surface area contributed by atoms with Gasteiger partial charge in [0, 0.05) is 18.5 Å². The van der Waals surface area contributed by atoms with Crippen molar-refractivity contribution in [2.24, 2.45) is 0 Å². The van der Waals surface area contributed by atoms with E-state index in [4.69, 9.17) is 11.6 Å². The van der Waals surface area contributed by atoms with Crippen LogP contribution in [0.1, 0.15) is 22.6 Å². The first-order valence-electron chi connectivity index (χ1n) is 8.39. The van der Waals surface area contributed by atoms with Crippen LogP contribution in [0.4, 0.5) is 0 Å². The number of fused-ring (bicyclic) bond motifs is 1. The number of thiophene rings is 1. The van der Waals surface area contributed by atoms with Crippen LogP contribution in [0.5, 0.6) is 0 Å². The molecule has 0 atom stereocenters. The van der Waals surface area contributed by atoms with Gasteiger partial charge in [-0.05, 0) is 42.1 Å². The molecule has 0 aliphatic carbocycles. The molecule has 9 heteroatoms. The monoisotopic (exact) mass is 421 g/mol. The number of pyridine rings is 2. The van der Waals surface area contributed by atoms with Gasteiger partial charge in [-0.25, -0.2) is 9.97 Å². The molecule has 0 aliphatic rings. The number of hydrogen-bond acceptors (Lipinski definition) is 7. The fourth-order valence-corrected chi connectivity index (χ4v) is 3.85. The lowest BCUT2D eigenvalue weighted by molar-refractivity contribution is 0.511. The minimum absolute atomic E-state index is 0.107. The Labute approximate surface area is 173 Å². The van der Waals surface area contributed by atoms with Crippen molar-refractivity contribution in [3.05, 3.63) is 80.2 Å². The van der Waals surface area contributed by atoms with Crippen LogP contribution in [0.2, 0.25) is 5.15 Å². The maximum atomic E-state index is 13.1. The molecule has 0 fully saturated rings. The van der Waals surface area contributed by atoms with E-state index in [1.54, 1.807) is 36.6 Å². The summed E-state index contributed by atoms with van der Waals surface area (Å²) in [7, 11) is 0. The number of halogens is 1. The second-order valence-electron chi connectivity index (χ2n) is 6.05. The Balaban J connectivity index is 2.02. The van der Waals surface area contributed by atoms with Gasteiger partial charge in [-0.2, -0.15) is 5.26 Å². The lowest BCUT2D eigenvalue weighted by Gasteiger charge is -2.12. The van der Waals surface area contributed by atoms with E-state index in [-0.39, 0.29) is 33.6 Å². The van der Waals surface area contributed by atoms with Crippen LogP contribution >= 0.6 is 22.9 Å². The molecule has 142 valence electrons. The minimum atomic E-state index is -0.336. The summed E-state index contributed by atoms with van der Waals surface area (Å²) in [5.41, 5.74) is 1.51. The van der Waals surface area contributed by atoms with Crippen molar-refractivity contribution in [3.8, 4) is 11.8 Å². The summed E-state index contributed by atoms with van der Waals surface area (Å²) in [6, 6.07) is 8.72. The number of aryl methyl sites for hydroxylation is 1. The topological polar surface area (TPSA) is 105 Å². The Morgan fingerprint density at radius 3 is 2.90 bits per heavy atom. The van der Waals surface area contributed by atoms with Gasteiger partial charge < -0.3 is 5.11 Å². The van der Waals surface area contributed by atoms with E-state index in [0.29, 0.717) is 21.5 Å². The Bertz CT molecular complexity index is 1380. The molecule has 0 saturated heterocycles. The smallest absolute Gasteiger partial charge is 0.276 e. The van der Waals surface area contributed by atoms with Crippen molar-refractivity contribution < 1.29 is 5.11 Å². The zero-order valence-electron chi connectivity index (χ0n) is 15.0. The van der Waals surface area contributed by atoms with Crippen molar-refractivity contribution in [1.82, 2.24) is 19.5 Å². The summed E-state index contributed by atoms with van der Waals surface area (Å²) in [5.74, 6) is -0.152. The van der Waals surface area contributed by atoms with E-state index < -0.39 is 0 Å². The quantitative estimate of drug-likeness (QED) is 0.394. The maximum absolute atomic E-state index is 13.1. The first kappa shape index (κ1) is 18.8. The summed E-state index contributed by atoms with van der Waals surface area (Å²) < 4.78 is 1.74. The van der Waals surface area contributed by atoms with Crippen molar-refractivity contribution in [2.75, 3.05) is 0 Å². The lowest BCUT2D eigenvalue weighted by atomic mass is 10.1. The third-order valence-electron chi connectivity index (χ3n) is 4.27. The zero-order valence-corrected chi connectivity index (χ0v) is 16.6. The number of rotatable bonds is 3. The second-order valence-corrected chi connectivity index (χ2v) is 7.33. The van der Waals surface area contributed by atoms with Crippen molar-refractivity contribution in [2.45, 2.75) is 6.92 Å². The molecule has 0 saturated carbocycles. The van der Waals surface area contributed by atoms with Gasteiger partial charge in [-0.1, -0.05) is 11.6 Å². The highest BCUT2D eigenvalue weighted by Crippen LogP contribution is 2.24. The first-order chi connectivity index (χ1) is 14.0. The molecule has 4 rings (SSSR count). The summed E-state index contributed by atoms with van der Waals surface area (Å²) >= 11 is 7.48. The van der Waals surface area contributed by atoms with Gasteiger partial charge in [-0.3, -0.25) is 14.3 Å². The maximum Gasteiger partial charge on any atom is 0.276 e. The average molecular weight is 422 g/mol. The van der Waals surface area contributed by atoms with Crippen LogP contribution in [0.25, 0.3) is 27.7 Å². The van der Waals surface area contributed by atoms with E-state index in [1.807, 2.05) is 6.07 Å². The Kier molecular flexibility index (Phi) is 4.84. The van der Waals surface area contributed by atoms with E-state index in [2.05, 4.69) is 15.0 Å². The molecular formula is C20H12ClN5O2S. The third-order valence-corrected chi connectivity index (χ3v) is 5.45. The highest BCUT2D eigenvalue weighted by molar-refractivity contribution is 7.17. The van der Waals surface area contributed by atoms with Gasteiger partial charge in [0.2, 0.25) is 0 Å². The van der Waals surface area contributed by atoms with Crippen LogP contribution in [-0.4, -0.2) is 24.6 Å². The van der Waals surface area contributed by atoms with E-state index in [0.717, 1.165) is 0 Å². The van der Waals surface area contributed by atoms with Crippen LogP contribution in [0, 0.1) is 18.3 Å². The Morgan fingerprint density at radius 2 is 2.14 bits per heavy atom. The van der Waals surface area contributed by atoms with Gasteiger partial charge >= 0.3 is 0 Å². The Hall–Kier alpha value is -3.54. The molecule has 0 aromatic carbocycles. The lowest BCUT2D eigenvalue weighted by Crippen LogP contribution is -2.22. The second kappa shape index (κ2) is 7.47. The van der Waals surface area contributed by atoms with Crippen LogP contribution < -0.4 is 5.56 Å². The molecule has 0 aliphatic heterocycles. The zero-order chi connectivity index (χ0) is 20.5. The minimum Gasteiger partial charge on any atom is -0.505 e. The summed E-state index contributed by atoms with van der Waals surface area (Å²) in [6.07, 6.45) is 4.30. The Morgan fingerprint density at radius 1 is 1.31 bits per heavy atom. The molecule has 4 heterocycles. The molecule has 4 aromatic heterocycles. The number of aliphatic hydroxyl groups is 1. The highest BCUT2D eigenvalue weighted by Gasteiger charge is 2.17. The van der Waals surface area contributed by atoms with Crippen molar-refractivity contribution in [1.29, 1.82) is 5.26 Å². The summed E-state index contributed by atoms with van der Waals surface area (Å²) in [5, 5.41) is 22.0. The predicted molar refractivity (Wildman–Crippen MR) is 112 cm³/mol. The normalized spacial score (nSPS) is 11.6. The number of aromatic nitrogens is 4. The van der Waals surface area contributed by atoms with Crippen molar-refractivity contribution >= 4 is 45.0 Å². The number of nitrogens with zero attached hydrogens (tertiary/aromatic N) is 5. The van der Waals surface area contributed by atoms with Gasteiger partial charge in [0.05, 0.1) is 16.8 Å². The molecule has 0 bridgehead atoms. The fourth-order valence-electron chi connectivity index (χ4n) is 2.89. The van der Waals surface area contributed by atoms with Crippen molar-refractivity contribution in [3.63, 3.8) is 0 Å². The van der Waals surface area contributed by atoms with Gasteiger partial charge in [0.1, 0.15) is 28.0 Å².